The van der Waals surface area contributed by atoms with Crippen molar-refractivity contribution in [3.8, 4) is 11.5 Å². The van der Waals surface area contributed by atoms with Crippen LogP contribution in [0.4, 0.5) is 0 Å². The lowest BCUT2D eigenvalue weighted by Gasteiger charge is -2.21. The molecule has 0 aliphatic carbocycles. The largest absolute Gasteiger partial charge is 0.493 e. The summed E-state index contributed by atoms with van der Waals surface area (Å²) in [5.74, 6) is 0.967. The summed E-state index contributed by atoms with van der Waals surface area (Å²) >= 11 is 5.89. The number of hydrogen-bond acceptors (Lipinski definition) is 4. The number of rotatable bonds is 8. The number of methoxy groups -OCH3 is 2. The summed E-state index contributed by atoms with van der Waals surface area (Å²) in [6.07, 6.45) is 0.753. The number of alkyl halides is 1. The van der Waals surface area contributed by atoms with Crippen molar-refractivity contribution in [1.82, 2.24) is 4.31 Å². The zero-order chi connectivity index (χ0) is 16.0. The fourth-order valence-corrected chi connectivity index (χ4v) is 3.92. The van der Waals surface area contributed by atoms with Gasteiger partial charge in [0.15, 0.2) is 11.5 Å². The number of nitrogens with zero attached hydrogens (tertiary/aromatic N) is 1. The van der Waals surface area contributed by atoms with Gasteiger partial charge in [0.1, 0.15) is 0 Å². The molecule has 1 rings (SSSR count). The topological polar surface area (TPSA) is 55.8 Å². The number of halogens is 1. The Bertz CT molecular complexity index is 549. The Morgan fingerprint density at radius 3 is 2.29 bits per heavy atom. The van der Waals surface area contributed by atoms with E-state index in [1.54, 1.807) is 6.07 Å². The van der Waals surface area contributed by atoms with E-state index in [0.29, 0.717) is 30.2 Å². The van der Waals surface area contributed by atoms with Gasteiger partial charge in [-0.1, -0.05) is 13.8 Å². The van der Waals surface area contributed by atoms with E-state index in [2.05, 4.69) is 0 Å². The molecule has 0 radical (unpaired) electrons. The second-order valence-corrected chi connectivity index (χ2v) is 6.65. The zero-order valence-electron chi connectivity index (χ0n) is 12.8. The van der Waals surface area contributed by atoms with E-state index < -0.39 is 10.0 Å². The highest BCUT2D eigenvalue weighted by Crippen LogP contribution is 2.35. The van der Waals surface area contributed by atoms with Crippen LogP contribution in [0.5, 0.6) is 11.5 Å². The highest BCUT2D eigenvalue weighted by molar-refractivity contribution is 7.89. The average Bonchev–Trinajstić information content (AvgIpc) is 2.50. The highest BCUT2D eigenvalue weighted by Gasteiger charge is 2.25. The van der Waals surface area contributed by atoms with Crippen molar-refractivity contribution in [3.05, 3.63) is 17.7 Å². The van der Waals surface area contributed by atoms with E-state index in [1.807, 2.05) is 13.8 Å². The number of ether oxygens (including phenoxy) is 2. The van der Waals surface area contributed by atoms with Gasteiger partial charge >= 0.3 is 0 Å². The molecule has 120 valence electrons. The molecular formula is C14H22ClNO4S. The van der Waals surface area contributed by atoms with Crippen molar-refractivity contribution < 1.29 is 17.9 Å². The van der Waals surface area contributed by atoms with Crippen LogP contribution < -0.4 is 9.47 Å². The minimum Gasteiger partial charge on any atom is -0.493 e. The SMILES string of the molecule is CCCN(CC)S(=O)(=O)c1cc(CCl)c(OC)c(OC)c1. The fourth-order valence-electron chi connectivity index (χ4n) is 2.11. The minimum absolute atomic E-state index is 0.142. The first-order valence-corrected chi connectivity index (χ1v) is 8.74. The molecule has 0 N–H and O–H groups in total. The van der Waals surface area contributed by atoms with Gasteiger partial charge in [0.25, 0.3) is 0 Å². The average molecular weight is 336 g/mol. The molecule has 0 aromatic heterocycles. The number of sulfonamides is 1. The molecule has 7 heteroatoms. The van der Waals surface area contributed by atoms with E-state index in [0.717, 1.165) is 6.42 Å². The van der Waals surface area contributed by atoms with Crippen molar-refractivity contribution in [2.24, 2.45) is 0 Å². The standard InChI is InChI=1S/C14H22ClNO4S/c1-5-7-16(6-2)21(17,18)12-8-11(10-15)14(20-4)13(9-12)19-3/h8-9H,5-7,10H2,1-4H3. The molecule has 0 saturated heterocycles. The van der Waals surface area contributed by atoms with Gasteiger partial charge in [0.05, 0.1) is 25.0 Å². The van der Waals surface area contributed by atoms with E-state index in [-0.39, 0.29) is 10.8 Å². The molecule has 0 aliphatic heterocycles. The van der Waals surface area contributed by atoms with Crippen LogP contribution in [0, 0.1) is 0 Å². The maximum absolute atomic E-state index is 12.7. The van der Waals surface area contributed by atoms with E-state index >= 15 is 0 Å². The first kappa shape index (κ1) is 18.1. The lowest BCUT2D eigenvalue weighted by Crippen LogP contribution is -2.31. The van der Waals surface area contributed by atoms with E-state index in [1.165, 1.54) is 24.6 Å². The maximum Gasteiger partial charge on any atom is 0.243 e. The Balaban J connectivity index is 3.42. The van der Waals surface area contributed by atoms with Gasteiger partial charge in [-0.05, 0) is 12.5 Å². The minimum atomic E-state index is -3.56. The summed E-state index contributed by atoms with van der Waals surface area (Å²) in [6.45, 7) is 4.65. The molecule has 0 amide bonds. The molecule has 21 heavy (non-hydrogen) atoms. The van der Waals surface area contributed by atoms with Gasteiger partial charge in [-0.2, -0.15) is 4.31 Å². The van der Waals surface area contributed by atoms with Crippen LogP contribution >= 0.6 is 11.6 Å². The van der Waals surface area contributed by atoms with Crippen LogP contribution in [0.25, 0.3) is 0 Å². The molecule has 0 saturated carbocycles. The predicted octanol–water partition coefficient (Wildman–Crippen LogP) is 2.86. The van der Waals surface area contributed by atoms with Crippen LogP contribution in [-0.2, 0) is 15.9 Å². The first-order valence-electron chi connectivity index (χ1n) is 6.77. The quantitative estimate of drug-likeness (QED) is 0.685. The monoisotopic (exact) mass is 335 g/mol. The Morgan fingerprint density at radius 2 is 1.86 bits per heavy atom. The number of hydrogen-bond donors (Lipinski definition) is 0. The Morgan fingerprint density at radius 1 is 1.19 bits per heavy atom. The fraction of sp³-hybridized carbons (Fsp3) is 0.571. The molecule has 0 heterocycles. The summed E-state index contributed by atoms with van der Waals surface area (Å²) in [5.41, 5.74) is 0.588. The van der Waals surface area contributed by atoms with Crippen molar-refractivity contribution in [3.63, 3.8) is 0 Å². The van der Waals surface area contributed by atoms with Crippen LogP contribution in [-0.4, -0.2) is 40.0 Å². The Hall–Kier alpha value is -0.980. The summed E-state index contributed by atoms with van der Waals surface area (Å²) in [5, 5.41) is 0. The van der Waals surface area contributed by atoms with E-state index in [9.17, 15) is 8.42 Å². The van der Waals surface area contributed by atoms with E-state index in [4.69, 9.17) is 21.1 Å². The van der Waals surface area contributed by atoms with Crippen LogP contribution in [0.3, 0.4) is 0 Å². The zero-order valence-corrected chi connectivity index (χ0v) is 14.4. The second kappa shape index (κ2) is 7.87. The van der Waals surface area contributed by atoms with Crippen LogP contribution in [0.2, 0.25) is 0 Å². The summed E-state index contributed by atoms with van der Waals surface area (Å²) < 4.78 is 37.3. The van der Waals surface area contributed by atoms with Crippen LogP contribution in [0.15, 0.2) is 17.0 Å². The molecular weight excluding hydrogens is 314 g/mol. The lowest BCUT2D eigenvalue weighted by atomic mass is 10.2. The maximum atomic E-state index is 12.7. The van der Waals surface area contributed by atoms with Gasteiger partial charge in [0.2, 0.25) is 10.0 Å². The summed E-state index contributed by atoms with van der Waals surface area (Å²) in [4.78, 5) is 0.172. The van der Waals surface area contributed by atoms with Gasteiger partial charge < -0.3 is 9.47 Å². The highest BCUT2D eigenvalue weighted by atomic mass is 35.5. The number of benzene rings is 1. The smallest absolute Gasteiger partial charge is 0.243 e. The first-order chi connectivity index (χ1) is 9.95. The molecule has 1 aromatic rings. The van der Waals surface area contributed by atoms with Crippen molar-refractivity contribution >= 4 is 21.6 Å². The second-order valence-electron chi connectivity index (χ2n) is 4.45. The normalized spacial score (nSPS) is 11.7. The molecule has 0 aliphatic rings. The van der Waals surface area contributed by atoms with Crippen molar-refractivity contribution in [1.29, 1.82) is 0 Å². The van der Waals surface area contributed by atoms with Gasteiger partial charge in [-0.3, -0.25) is 0 Å². The van der Waals surface area contributed by atoms with Crippen molar-refractivity contribution in [2.45, 2.75) is 31.0 Å². The van der Waals surface area contributed by atoms with Gasteiger partial charge in [0, 0.05) is 24.7 Å². The Labute approximate surface area is 131 Å². The van der Waals surface area contributed by atoms with Crippen molar-refractivity contribution in [2.75, 3.05) is 27.3 Å². The summed E-state index contributed by atoms with van der Waals surface area (Å²) in [7, 11) is -0.599. The molecule has 0 spiro atoms. The lowest BCUT2D eigenvalue weighted by molar-refractivity contribution is 0.351. The molecule has 0 bridgehead atoms. The molecule has 0 fully saturated rings. The Kier molecular flexibility index (Phi) is 6.77. The molecule has 0 atom stereocenters. The molecule has 5 nitrogen and oxygen atoms in total. The third kappa shape index (κ3) is 3.81. The van der Waals surface area contributed by atoms with Gasteiger partial charge in [-0.25, -0.2) is 8.42 Å². The third-order valence-electron chi connectivity index (χ3n) is 3.14. The summed E-state index contributed by atoms with van der Waals surface area (Å²) in [6, 6.07) is 3.02. The molecule has 0 unspecified atom stereocenters. The van der Waals surface area contributed by atoms with Gasteiger partial charge in [-0.15, -0.1) is 11.6 Å². The van der Waals surface area contributed by atoms with Crippen LogP contribution in [0.1, 0.15) is 25.8 Å². The third-order valence-corrected chi connectivity index (χ3v) is 5.38. The predicted molar refractivity (Wildman–Crippen MR) is 83.8 cm³/mol. The molecule has 1 aromatic carbocycles.